The molecule has 104 valence electrons. The van der Waals surface area contributed by atoms with Crippen LogP contribution in [0.3, 0.4) is 0 Å². The Kier molecular flexibility index (Phi) is 4.04. The number of hydrogen-bond acceptors (Lipinski definition) is 3. The average Bonchev–Trinajstić information content (AvgIpc) is 2.83. The van der Waals surface area contributed by atoms with Crippen LogP contribution in [0.15, 0.2) is 0 Å². The molecule has 0 aromatic carbocycles. The standard InChI is InChI=1S/C12H19N5OS/c1-4-6-13-9(18)5-7-17-11-10(14-12(17)19)8(2)15-16(11)3/h4-7H2,1-3H3,(H,13,18)(H,14,19). The Morgan fingerprint density at radius 1 is 1.53 bits per heavy atom. The zero-order valence-corrected chi connectivity index (χ0v) is 12.3. The molecule has 2 aromatic rings. The number of H-pyrrole nitrogens is 1. The van der Waals surface area contributed by atoms with Crippen LogP contribution in [0.2, 0.25) is 0 Å². The molecule has 19 heavy (non-hydrogen) atoms. The number of aromatic amines is 1. The van der Waals surface area contributed by atoms with Crippen LogP contribution in [0.1, 0.15) is 25.5 Å². The first-order valence-electron chi connectivity index (χ1n) is 6.43. The van der Waals surface area contributed by atoms with Gasteiger partial charge in [0.05, 0.1) is 5.69 Å². The van der Waals surface area contributed by atoms with Crippen molar-refractivity contribution in [3.05, 3.63) is 10.5 Å². The minimum Gasteiger partial charge on any atom is -0.356 e. The van der Waals surface area contributed by atoms with Gasteiger partial charge in [0.15, 0.2) is 10.4 Å². The summed E-state index contributed by atoms with van der Waals surface area (Å²) in [7, 11) is 1.88. The summed E-state index contributed by atoms with van der Waals surface area (Å²) in [4.78, 5) is 14.8. The molecule has 0 aliphatic rings. The zero-order valence-electron chi connectivity index (χ0n) is 11.5. The molecular weight excluding hydrogens is 262 g/mol. The van der Waals surface area contributed by atoms with Crippen LogP contribution in [0, 0.1) is 11.7 Å². The molecule has 0 atom stereocenters. The van der Waals surface area contributed by atoms with E-state index in [1.807, 2.05) is 25.5 Å². The molecule has 2 aromatic heterocycles. The predicted octanol–water partition coefficient (Wildman–Crippen LogP) is 1.66. The first kappa shape index (κ1) is 13.8. The SMILES string of the molecule is CCCNC(=O)CCn1c(=S)[nH]c2c(C)nn(C)c21. The molecule has 0 spiro atoms. The van der Waals surface area contributed by atoms with Crippen LogP contribution >= 0.6 is 12.2 Å². The highest BCUT2D eigenvalue weighted by molar-refractivity contribution is 7.71. The number of carbonyl (C=O) groups excluding carboxylic acids is 1. The van der Waals surface area contributed by atoms with Crippen LogP contribution in [0.4, 0.5) is 0 Å². The molecule has 2 heterocycles. The summed E-state index contributed by atoms with van der Waals surface area (Å²) in [5.41, 5.74) is 2.80. The van der Waals surface area contributed by atoms with Gasteiger partial charge in [-0.3, -0.25) is 9.48 Å². The van der Waals surface area contributed by atoms with E-state index in [4.69, 9.17) is 12.2 Å². The fourth-order valence-corrected chi connectivity index (χ4v) is 2.43. The lowest BCUT2D eigenvalue weighted by molar-refractivity contribution is -0.121. The minimum atomic E-state index is 0.0528. The third-order valence-electron chi connectivity index (χ3n) is 3.06. The number of amides is 1. The van der Waals surface area contributed by atoms with E-state index < -0.39 is 0 Å². The van der Waals surface area contributed by atoms with Crippen molar-refractivity contribution in [1.82, 2.24) is 24.6 Å². The summed E-state index contributed by atoms with van der Waals surface area (Å²) < 4.78 is 4.35. The second-order valence-corrected chi connectivity index (χ2v) is 4.98. The lowest BCUT2D eigenvalue weighted by Gasteiger charge is -2.05. The van der Waals surface area contributed by atoms with Crippen LogP contribution in [0.5, 0.6) is 0 Å². The number of nitrogens with one attached hydrogen (secondary N) is 2. The van der Waals surface area contributed by atoms with Gasteiger partial charge in [-0.2, -0.15) is 5.10 Å². The highest BCUT2D eigenvalue weighted by atomic mass is 32.1. The van der Waals surface area contributed by atoms with E-state index >= 15 is 0 Å². The van der Waals surface area contributed by atoms with Crippen molar-refractivity contribution >= 4 is 29.3 Å². The van der Waals surface area contributed by atoms with Crippen molar-refractivity contribution < 1.29 is 4.79 Å². The molecule has 0 saturated heterocycles. The second kappa shape index (κ2) is 5.56. The van der Waals surface area contributed by atoms with Gasteiger partial charge in [0.25, 0.3) is 0 Å². The number of imidazole rings is 1. The predicted molar refractivity (Wildman–Crippen MR) is 76.5 cm³/mol. The van der Waals surface area contributed by atoms with Gasteiger partial charge in [0.1, 0.15) is 5.52 Å². The molecule has 6 nitrogen and oxygen atoms in total. The number of aryl methyl sites for hydroxylation is 3. The largest absolute Gasteiger partial charge is 0.356 e. The van der Waals surface area contributed by atoms with Crippen LogP contribution < -0.4 is 5.32 Å². The topological polar surface area (TPSA) is 67.6 Å². The number of nitrogens with zero attached hydrogens (tertiary/aromatic N) is 3. The third-order valence-corrected chi connectivity index (χ3v) is 3.38. The molecule has 0 aliphatic heterocycles. The average molecular weight is 281 g/mol. The Labute approximate surface area is 116 Å². The van der Waals surface area contributed by atoms with Gasteiger partial charge in [-0.1, -0.05) is 6.92 Å². The van der Waals surface area contributed by atoms with Gasteiger partial charge in [-0.15, -0.1) is 0 Å². The molecule has 2 rings (SSSR count). The van der Waals surface area contributed by atoms with Crippen molar-refractivity contribution in [2.24, 2.45) is 7.05 Å². The fraction of sp³-hybridized carbons (Fsp3) is 0.583. The maximum atomic E-state index is 11.6. The lowest BCUT2D eigenvalue weighted by atomic mass is 10.3. The number of rotatable bonds is 5. The van der Waals surface area contributed by atoms with E-state index in [2.05, 4.69) is 15.4 Å². The maximum Gasteiger partial charge on any atom is 0.221 e. The molecule has 2 N–H and O–H groups in total. The molecule has 0 saturated carbocycles. The van der Waals surface area contributed by atoms with Crippen molar-refractivity contribution in [2.75, 3.05) is 6.54 Å². The third kappa shape index (κ3) is 2.70. The van der Waals surface area contributed by atoms with Crippen LogP contribution in [-0.4, -0.2) is 31.8 Å². The number of fused-ring (bicyclic) bond motifs is 1. The Bertz CT molecular complexity index is 651. The van der Waals surface area contributed by atoms with Crippen molar-refractivity contribution in [2.45, 2.75) is 33.2 Å². The first-order chi connectivity index (χ1) is 9.04. The Morgan fingerprint density at radius 2 is 2.26 bits per heavy atom. The highest BCUT2D eigenvalue weighted by Gasteiger charge is 2.13. The van der Waals surface area contributed by atoms with E-state index in [0.717, 1.165) is 29.8 Å². The molecule has 0 bridgehead atoms. The molecule has 0 radical (unpaired) electrons. The van der Waals surface area contributed by atoms with E-state index in [0.29, 0.717) is 17.7 Å². The van der Waals surface area contributed by atoms with Crippen molar-refractivity contribution in [3.63, 3.8) is 0 Å². The highest BCUT2D eigenvalue weighted by Crippen LogP contribution is 2.17. The molecule has 1 amide bonds. The molecule has 0 unspecified atom stereocenters. The lowest BCUT2D eigenvalue weighted by Crippen LogP contribution is -2.25. The molecule has 0 fully saturated rings. The van der Waals surface area contributed by atoms with Gasteiger partial charge < -0.3 is 14.9 Å². The zero-order chi connectivity index (χ0) is 14.0. The number of aromatic nitrogens is 4. The first-order valence-corrected chi connectivity index (χ1v) is 6.84. The van der Waals surface area contributed by atoms with Crippen LogP contribution in [-0.2, 0) is 18.4 Å². The summed E-state index contributed by atoms with van der Waals surface area (Å²) in [5.74, 6) is 0.0528. The minimum absolute atomic E-state index is 0.0528. The Balaban J connectivity index is 2.19. The number of carbonyl (C=O) groups is 1. The van der Waals surface area contributed by atoms with Crippen molar-refractivity contribution in [1.29, 1.82) is 0 Å². The van der Waals surface area contributed by atoms with E-state index in [-0.39, 0.29) is 5.91 Å². The molecular formula is C12H19N5OS. The van der Waals surface area contributed by atoms with E-state index in [1.54, 1.807) is 4.68 Å². The summed E-state index contributed by atoms with van der Waals surface area (Å²) in [6.07, 6.45) is 1.37. The summed E-state index contributed by atoms with van der Waals surface area (Å²) in [5, 5.41) is 7.21. The van der Waals surface area contributed by atoms with Gasteiger partial charge >= 0.3 is 0 Å². The van der Waals surface area contributed by atoms with E-state index in [1.165, 1.54) is 0 Å². The molecule has 0 aliphatic carbocycles. The quantitative estimate of drug-likeness (QED) is 0.819. The van der Waals surface area contributed by atoms with Crippen molar-refractivity contribution in [3.8, 4) is 0 Å². The van der Waals surface area contributed by atoms with Gasteiger partial charge in [0, 0.05) is 26.6 Å². The normalized spacial score (nSPS) is 11.1. The summed E-state index contributed by atoms with van der Waals surface area (Å²) >= 11 is 5.30. The smallest absolute Gasteiger partial charge is 0.221 e. The molecule has 7 heteroatoms. The Morgan fingerprint density at radius 3 is 2.95 bits per heavy atom. The van der Waals surface area contributed by atoms with Crippen LogP contribution in [0.25, 0.3) is 11.2 Å². The maximum absolute atomic E-state index is 11.6. The summed E-state index contributed by atoms with van der Waals surface area (Å²) in [6, 6.07) is 0. The second-order valence-electron chi connectivity index (χ2n) is 4.59. The Hall–Kier alpha value is -1.63. The fourth-order valence-electron chi connectivity index (χ4n) is 2.15. The monoisotopic (exact) mass is 281 g/mol. The van der Waals surface area contributed by atoms with Gasteiger partial charge in [-0.05, 0) is 25.6 Å². The summed E-state index contributed by atoms with van der Waals surface area (Å²) in [6.45, 7) is 5.25. The van der Waals surface area contributed by atoms with Gasteiger partial charge in [0.2, 0.25) is 5.91 Å². The van der Waals surface area contributed by atoms with Gasteiger partial charge in [-0.25, -0.2) is 0 Å². The van der Waals surface area contributed by atoms with E-state index in [9.17, 15) is 4.79 Å². The number of hydrogen-bond donors (Lipinski definition) is 2.